The molecule has 3 heterocycles. The van der Waals surface area contributed by atoms with Crippen molar-refractivity contribution in [3.63, 3.8) is 0 Å². The quantitative estimate of drug-likeness (QED) is 0.401. The number of nitrogens with one attached hydrogen (secondary N) is 1. The summed E-state index contributed by atoms with van der Waals surface area (Å²) in [5, 5.41) is 3.24. The van der Waals surface area contributed by atoms with Crippen molar-refractivity contribution in [3.8, 4) is 22.6 Å². The lowest BCUT2D eigenvalue weighted by Crippen LogP contribution is -2.25. The van der Waals surface area contributed by atoms with Gasteiger partial charge in [0.15, 0.2) is 5.65 Å². The Hall–Kier alpha value is -4.18. The Balaban J connectivity index is 1.84. The molecule has 0 atom stereocenters. The number of imidazole rings is 1. The van der Waals surface area contributed by atoms with Gasteiger partial charge >= 0.3 is 0 Å². The van der Waals surface area contributed by atoms with E-state index in [-0.39, 0.29) is 5.91 Å². The predicted molar refractivity (Wildman–Crippen MR) is 135 cm³/mol. The molecular formula is C25H23N5O4S. The molecule has 0 spiro atoms. The molecule has 0 aliphatic heterocycles. The van der Waals surface area contributed by atoms with Crippen molar-refractivity contribution in [3.05, 3.63) is 72.3 Å². The van der Waals surface area contributed by atoms with Crippen LogP contribution in [-0.2, 0) is 10.0 Å². The summed E-state index contributed by atoms with van der Waals surface area (Å²) in [7, 11) is -0.574. The lowest BCUT2D eigenvalue weighted by Gasteiger charge is -2.20. The van der Waals surface area contributed by atoms with Gasteiger partial charge in [-0.05, 0) is 13.0 Å². The van der Waals surface area contributed by atoms with Crippen molar-refractivity contribution in [1.82, 2.24) is 19.7 Å². The number of fused-ring (bicyclic) bond motifs is 2. The second-order valence-electron chi connectivity index (χ2n) is 8.31. The van der Waals surface area contributed by atoms with Crippen LogP contribution in [0.25, 0.3) is 39.2 Å². The second-order valence-corrected chi connectivity index (χ2v) is 10.3. The Bertz CT molecular complexity index is 1700. The molecule has 3 aromatic heterocycles. The number of hydrogen-bond donors (Lipinski definition) is 1. The maximum atomic E-state index is 13.0. The van der Waals surface area contributed by atoms with Crippen molar-refractivity contribution in [2.75, 3.05) is 24.7 Å². The average Bonchev–Trinajstić information content (AvgIpc) is 3.45. The second kappa shape index (κ2) is 8.24. The minimum absolute atomic E-state index is 0.312. The van der Waals surface area contributed by atoms with E-state index in [9.17, 15) is 13.2 Å². The molecule has 0 unspecified atom stereocenters. The third-order valence-electron chi connectivity index (χ3n) is 5.97. The summed E-state index contributed by atoms with van der Waals surface area (Å²) in [4.78, 5) is 21.7. The van der Waals surface area contributed by atoms with Gasteiger partial charge in [0.2, 0.25) is 10.0 Å². The first-order chi connectivity index (χ1) is 16.7. The summed E-state index contributed by atoms with van der Waals surface area (Å²) in [5.41, 5.74) is 4.64. The summed E-state index contributed by atoms with van der Waals surface area (Å²) in [6.45, 7) is 1.98. The molecule has 0 bridgehead atoms. The molecule has 5 aromatic rings. The topological polar surface area (TPSA) is 110 Å². The van der Waals surface area contributed by atoms with E-state index in [1.54, 1.807) is 48.4 Å². The largest absolute Gasteiger partial charge is 0.455 e. The van der Waals surface area contributed by atoms with Crippen molar-refractivity contribution >= 4 is 38.2 Å². The van der Waals surface area contributed by atoms with Crippen LogP contribution in [0.4, 0.5) is 5.69 Å². The van der Waals surface area contributed by atoms with E-state index in [1.165, 1.54) is 11.4 Å². The van der Waals surface area contributed by atoms with Crippen molar-refractivity contribution in [2.45, 2.75) is 6.92 Å². The van der Waals surface area contributed by atoms with Gasteiger partial charge in [0, 0.05) is 55.3 Å². The molecule has 35 heavy (non-hydrogen) atoms. The smallest absolute Gasteiger partial charge is 0.255 e. The van der Waals surface area contributed by atoms with Crippen molar-refractivity contribution in [2.24, 2.45) is 0 Å². The van der Waals surface area contributed by atoms with E-state index in [4.69, 9.17) is 4.42 Å². The van der Waals surface area contributed by atoms with E-state index in [0.717, 1.165) is 17.4 Å². The third-order valence-corrected chi connectivity index (χ3v) is 7.16. The number of hydrogen-bond acceptors (Lipinski definition) is 6. The monoisotopic (exact) mass is 489 g/mol. The van der Waals surface area contributed by atoms with E-state index in [0.29, 0.717) is 44.9 Å². The number of furan rings is 1. The van der Waals surface area contributed by atoms with Gasteiger partial charge in [0.25, 0.3) is 5.91 Å². The summed E-state index contributed by atoms with van der Waals surface area (Å²) >= 11 is 0. The molecule has 178 valence electrons. The van der Waals surface area contributed by atoms with Gasteiger partial charge in [-0.15, -0.1) is 0 Å². The first kappa shape index (κ1) is 22.6. The van der Waals surface area contributed by atoms with Gasteiger partial charge in [-0.2, -0.15) is 0 Å². The van der Waals surface area contributed by atoms with Crippen LogP contribution >= 0.6 is 0 Å². The molecule has 1 amide bonds. The molecule has 9 nitrogen and oxygen atoms in total. The molecule has 0 saturated carbocycles. The highest BCUT2D eigenvalue weighted by atomic mass is 32.2. The number of amides is 1. The summed E-state index contributed by atoms with van der Waals surface area (Å²) < 4.78 is 34.1. The molecule has 0 aliphatic carbocycles. The lowest BCUT2D eigenvalue weighted by molar-refractivity contribution is 0.0964. The fraction of sp³-hybridized carbons (Fsp3) is 0.160. The highest BCUT2D eigenvalue weighted by Crippen LogP contribution is 2.40. The standard InChI is InChI=1S/C25H23N5O4S/c1-15-5-7-16(8-6-15)24-23(25(31)26-2)18-11-17(19-14-30-10-9-27-22(30)13-28-19)20(12-21(18)34-24)29(3)35(4,32)33/h5-14H,1-4H3,(H,26,31). The zero-order valence-corrected chi connectivity index (χ0v) is 20.4. The predicted octanol–water partition coefficient (Wildman–Crippen LogP) is 3.87. The maximum absolute atomic E-state index is 13.0. The Morgan fingerprint density at radius 3 is 2.57 bits per heavy atom. The maximum Gasteiger partial charge on any atom is 0.255 e. The molecule has 5 rings (SSSR count). The van der Waals surface area contributed by atoms with Crippen LogP contribution in [-0.4, -0.2) is 49.0 Å². The van der Waals surface area contributed by atoms with Crippen LogP contribution in [0.3, 0.4) is 0 Å². The van der Waals surface area contributed by atoms with Crippen LogP contribution in [0, 0.1) is 6.92 Å². The fourth-order valence-corrected chi connectivity index (χ4v) is 4.51. The van der Waals surface area contributed by atoms with Gasteiger partial charge in [-0.25, -0.2) is 13.4 Å². The van der Waals surface area contributed by atoms with Crippen LogP contribution < -0.4 is 9.62 Å². The highest BCUT2D eigenvalue weighted by Gasteiger charge is 2.26. The van der Waals surface area contributed by atoms with E-state index >= 15 is 0 Å². The van der Waals surface area contributed by atoms with Crippen LogP contribution in [0.2, 0.25) is 0 Å². The zero-order valence-electron chi connectivity index (χ0n) is 19.6. The Labute approximate surface area is 202 Å². The van der Waals surface area contributed by atoms with Crippen LogP contribution in [0.15, 0.2) is 65.6 Å². The van der Waals surface area contributed by atoms with E-state index < -0.39 is 10.0 Å². The minimum atomic E-state index is -3.60. The average molecular weight is 490 g/mol. The molecule has 0 saturated heterocycles. The van der Waals surface area contributed by atoms with Gasteiger partial charge in [-0.1, -0.05) is 29.8 Å². The first-order valence-corrected chi connectivity index (χ1v) is 12.6. The Morgan fingerprint density at radius 2 is 1.89 bits per heavy atom. The van der Waals surface area contributed by atoms with E-state index in [2.05, 4.69) is 15.3 Å². The number of aryl methyl sites for hydroxylation is 1. The molecule has 10 heteroatoms. The van der Waals surface area contributed by atoms with Crippen molar-refractivity contribution in [1.29, 1.82) is 0 Å². The fourth-order valence-electron chi connectivity index (χ4n) is 4.00. The van der Waals surface area contributed by atoms with Crippen LogP contribution in [0.5, 0.6) is 0 Å². The first-order valence-electron chi connectivity index (χ1n) is 10.8. The molecule has 1 N–H and O–H groups in total. The number of anilines is 1. The molecule has 0 fully saturated rings. The number of benzene rings is 2. The Kier molecular flexibility index (Phi) is 5.32. The summed E-state index contributed by atoms with van der Waals surface area (Å²) in [6.07, 6.45) is 7.94. The number of aromatic nitrogens is 3. The molecule has 0 aliphatic rings. The number of rotatable bonds is 5. The molecular weight excluding hydrogens is 466 g/mol. The third kappa shape index (κ3) is 3.91. The number of sulfonamides is 1. The normalized spacial score (nSPS) is 11.8. The highest BCUT2D eigenvalue weighted by molar-refractivity contribution is 7.92. The van der Waals surface area contributed by atoms with Crippen LogP contribution in [0.1, 0.15) is 15.9 Å². The van der Waals surface area contributed by atoms with Gasteiger partial charge < -0.3 is 14.1 Å². The number of carbonyl (C=O) groups is 1. The van der Waals surface area contributed by atoms with E-state index in [1.807, 2.05) is 31.2 Å². The van der Waals surface area contributed by atoms with Crippen molar-refractivity contribution < 1.29 is 17.6 Å². The molecule has 2 aromatic carbocycles. The van der Waals surface area contributed by atoms with Gasteiger partial charge in [-0.3, -0.25) is 14.1 Å². The minimum Gasteiger partial charge on any atom is -0.455 e. The van der Waals surface area contributed by atoms with Gasteiger partial charge in [0.05, 0.1) is 29.4 Å². The Morgan fingerprint density at radius 1 is 1.14 bits per heavy atom. The molecule has 0 radical (unpaired) electrons. The number of carbonyl (C=O) groups excluding carboxylic acids is 1. The zero-order chi connectivity index (χ0) is 24.9. The van der Waals surface area contributed by atoms with Gasteiger partial charge in [0.1, 0.15) is 11.3 Å². The lowest BCUT2D eigenvalue weighted by atomic mass is 10.0. The summed E-state index contributed by atoms with van der Waals surface area (Å²) in [6, 6.07) is 11.0. The SMILES string of the molecule is CNC(=O)c1c(-c2ccc(C)cc2)oc2cc(N(C)S(C)(=O)=O)c(-c3cn4ccnc4cn3)cc12. The summed E-state index contributed by atoms with van der Waals surface area (Å²) in [5.74, 6) is 0.0926. The number of nitrogens with zero attached hydrogens (tertiary/aromatic N) is 4.